The third-order valence-corrected chi connectivity index (χ3v) is 3.17. The molecule has 6 heteroatoms. The number of nitrogens with two attached hydrogens (primary N) is 1. The van der Waals surface area contributed by atoms with Gasteiger partial charge in [-0.3, -0.25) is 4.79 Å². The predicted molar refractivity (Wildman–Crippen MR) is 77.9 cm³/mol. The minimum absolute atomic E-state index is 0.146. The third kappa shape index (κ3) is 4.75. The highest BCUT2D eigenvalue weighted by atomic mass is 79.9. The van der Waals surface area contributed by atoms with Crippen LogP contribution in [0.1, 0.15) is 12.5 Å². The van der Waals surface area contributed by atoms with Crippen molar-refractivity contribution in [3.8, 4) is 0 Å². The summed E-state index contributed by atoms with van der Waals surface area (Å²) in [5.41, 5.74) is 6.79. The van der Waals surface area contributed by atoms with E-state index in [0.29, 0.717) is 6.54 Å². The number of hydrogen-bond donors (Lipinski definition) is 2. The molecule has 0 radical (unpaired) electrons. The Morgan fingerprint density at radius 2 is 2.16 bits per heavy atom. The van der Waals surface area contributed by atoms with E-state index in [2.05, 4.69) is 15.9 Å². The molecule has 102 valence electrons. The molecule has 19 heavy (non-hydrogen) atoms. The number of carbonyl (C=O) groups excluding carboxylic acids is 1. The van der Waals surface area contributed by atoms with Gasteiger partial charge < -0.3 is 15.7 Å². The predicted octanol–water partition coefficient (Wildman–Crippen LogP) is 1.86. The normalized spacial score (nSPS) is 10.6. The number of carboxylic acids is 1. The maximum atomic E-state index is 11.0. The first-order valence-corrected chi connectivity index (χ1v) is 6.47. The highest BCUT2D eigenvalue weighted by Crippen LogP contribution is 2.25. The lowest BCUT2D eigenvalue weighted by Gasteiger charge is -2.21. The van der Waals surface area contributed by atoms with E-state index in [1.165, 1.54) is 6.08 Å². The largest absolute Gasteiger partial charge is 0.478 e. The van der Waals surface area contributed by atoms with Crippen molar-refractivity contribution in [2.24, 2.45) is 5.73 Å². The van der Waals surface area contributed by atoms with E-state index < -0.39 is 11.9 Å². The summed E-state index contributed by atoms with van der Waals surface area (Å²) < 4.78 is 0.755. The Hall–Kier alpha value is -1.82. The molecule has 0 aliphatic rings. The molecule has 0 aliphatic carbocycles. The first-order chi connectivity index (χ1) is 8.93. The smallest absolute Gasteiger partial charge is 0.328 e. The number of hydrogen-bond acceptors (Lipinski definition) is 3. The van der Waals surface area contributed by atoms with Crippen molar-refractivity contribution in [1.29, 1.82) is 0 Å². The molecule has 0 aliphatic heterocycles. The van der Waals surface area contributed by atoms with E-state index in [1.54, 1.807) is 6.07 Å². The second-order valence-corrected chi connectivity index (χ2v) is 4.71. The Labute approximate surface area is 119 Å². The molecule has 0 unspecified atom stereocenters. The zero-order chi connectivity index (χ0) is 14.4. The number of carboxylic acid groups (broad SMARTS) is 1. The number of amides is 1. The van der Waals surface area contributed by atoms with Crippen molar-refractivity contribution in [3.63, 3.8) is 0 Å². The van der Waals surface area contributed by atoms with Crippen LogP contribution in [0.3, 0.4) is 0 Å². The van der Waals surface area contributed by atoms with Crippen LogP contribution in [-0.4, -0.2) is 30.1 Å². The number of primary amides is 1. The van der Waals surface area contributed by atoms with Crippen LogP contribution in [0.5, 0.6) is 0 Å². The molecule has 0 fully saturated rings. The second-order valence-electron chi connectivity index (χ2n) is 3.86. The van der Waals surface area contributed by atoms with Gasteiger partial charge in [0.1, 0.15) is 0 Å². The average molecular weight is 327 g/mol. The lowest BCUT2D eigenvalue weighted by Crippen LogP contribution is -2.33. The number of halogens is 1. The molecule has 0 bridgehead atoms. The SMILES string of the molecule is CCN(CC(N)=O)c1ccc(/C=C/C(=O)O)c(Br)c1. The molecule has 0 atom stereocenters. The molecular weight excluding hydrogens is 312 g/mol. The van der Waals surface area contributed by atoms with Crippen molar-refractivity contribution in [2.45, 2.75) is 6.92 Å². The van der Waals surface area contributed by atoms with E-state index in [-0.39, 0.29) is 6.54 Å². The van der Waals surface area contributed by atoms with Crippen LogP contribution in [0.2, 0.25) is 0 Å². The van der Waals surface area contributed by atoms with Crippen molar-refractivity contribution >= 4 is 39.6 Å². The van der Waals surface area contributed by atoms with Crippen LogP contribution >= 0.6 is 15.9 Å². The van der Waals surface area contributed by atoms with Gasteiger partial charge in [0, 0.05) is 22.8 Å². The van der Waals surface area contributed by atoms with Crippen molar-refractivity contribution in [2.75, 3.05) is 18.0 Å². The zero-order valence-electron chi connectivity index (χ0n) is 10.5. The van der Waals surface area contributed by atoms with Crippen LogP contribution in [0.25, 0.3) is 6.08 Å². The van der Waals surface area contributed by atoms with Crippen LogP contribution in [-0.2, 0) is 9.59 Å². The van der Waals surface area contributed by atoms with Gasteiger partial charge in [-0.05, 0) is 30.7 Å². The Morgan fingerprint density at radius 3 is 2.63 bits per heavy atom. The van der Waals surface area contributed by atoms with Gasteiger partial charge in [-0.1, -0.05) is 22.0 Å². The Morgan fingerprint density at radius 1 is 1.47 bits per heavy atom. The number of nitrogens with zero attached hydrogens (tertiary/aromatic N) is 1. The van der Waals surface area contributed by atoms with Gasteiger partial charge in [0.05, 0.1) is 6.54 Å². The molecule has 0 saturated heterocycles. The Kier molecular flexibility index (Phi) is 5.57. The lowest BCUT2D eigenvalue weighted by atomic mass is 10.2. The summed E-state index contributed by atoms with van der Waals surface area (Å²) in [6.45, 7) is 2.72. The van der Waals surface area contributed by atoms with Crippen molar-refractivity contribution in [1.82, 2.24) is 0 Å². The van der Waals surface area contributed by atoms with Gasteiger partial charge in [-0.2, -0.15) is 0 Å². The molecule has 0 heterocycles. The fourth-order valence-corrected chi connectivity index (χ4v) is 2.08. The topological polar surface area (TPSA) is 83.6 Å². The van der Waals surface area contributed by atoms with E-state index in [4.69, 9.17) is 10.8 Å². The monoisotopic (exact) mass is 326 g/mol. The van der Waals surface area contributed by atoms with E-state index in [1.807, 2.05) is 24.0 Å². The molecular formula is C13H15BrN2O3. The molecule has 1 aromatic carbocycles. The summed E-state index contributed by atoms with van der Waals surface area (Å²) in [5.74, 6) is -1.40. The van der Waals surface area contributed by atoms with E-state index >= 15 is 0 Å². The van der Waals surface area contributed by atoms with Gasteiger partial charge in [-0.15, -0.1) is 0 Å². The number of aliphatic carboxylic acids is 1. The molecule has 3 N–H and O–H groups in total. The van der Waals surface area contributed by atoms with Gasteiger partial charge in [-0.25, -0.2) is 4.79 Å². The van der Waals surface area contributed by atoms with Gasteiger partial charge in [0.15, 0.2) is 0 Å². The summed E-state index contributed by atoms with van der Waals surface area (Å²) in [5, 5.41) is 8.58. The van der Waals surface area contributed by atoms with Gasteiger partial charge >= 0.3 is 5.97 Å². The molecule has 0 aromatic heterocycles. The fraction of sp³-hybridized carbons (Fsp3) is 0.231. The highest BCUT2D eigenvalue weighted by Gasteiger charge is 2.08. The summed E-state index contributed by atoms with van der Waals surface area (Å²) in [6, 6.07) is 5.43. The van der Waals surface area contributed by atoms with Crippen molar-refractivity contribution < 1.29 is 14.7 Å². The Bertz CT molecular complexity index is 515. The van der Waals surface area contributed by atoms with E-state index in [9.17, 15) is 9.59 Å². The standard InChI is InChI=1S/C13H15BrN2O3/c1-2-16(8-12(15)17)10-5-3-9(11(14)7-10)4-6-13(18)19/h3-7H,2,8H2,1H3,(H2,15,17)(H,18,19)/b6-4+. The number of carbonyl (C=O) groups is 2. The summed E-state index contributed by atoms with van der Waals surface area (Å²) in [7, 11) is 0. The quantitative estimate of drug-likeness (QED) is 0.781. The summed E-state index contributed by atoms with van der Waals surface area (Å²) >= 11 is 3.37. The zero-order valence-corrected chi connectivity index (χ0v) is 12.1. The van der Waals surface area contributed by atoms with Gasteiger partial charge in [0.25, 0.3) is 0 Å². The number of anilines is 1. The molecule has 1 aromatic rings. The molecule has 0 spiro atoms. The first-order valence-electron chi connectivity index (χ1n) is 5.67. The lowest BCUT2D eigenvalue weighted by molar-refractivity contribution is -0.131. The number of rotatable bonds is 6. The number of benzene rings is 1. The second kappa shape index (κ2) is 6.94. The van der Waals surface area contributed by atoms with Crippen LogP contribution in [0.4, 0.5) is 5.69 Å². The maximum absolute atomic E-state index is 11.0. The Balaban J connectivity index is 2.97. The number of likely N-dealkylation sites (N-methyl/N-ethyl adjacent to an activating group) is 1. The summed E-state index contributed by atoms with van der Waals surface area (Å²) in [6.07, 6.45) is 2.57. The summed E-state index contributed by atoms with van der Waals surface area (Å²) in [4.78, 5) is 23.3. The van der Waals surface area contributed by atoms with Crippen LogP contribution in [0.15, 0.2) is 28.7 Å². The average Bonchev–Trinajstić information content (AvgIpc) is 2.34. The molecule has 1 rings (SSSR count). The fourth-order valence-electron chi connectivity index (χ4n) is 1.58. The molecule has 0 saturated carbocycles. The molecule has 1 amide bonds. The maximum Gasteiger partial charge on any atom is 0.328 e. The van der Waals surface area contributed by atoms with Crippen LogP contribution < -0.4 is 10.6 Å². The van der Waals surface area contributed by atoms with E-state index in [0.717, 1.165) is 21.8 Å². The highest BCUT2D eigenvalue weighted by molar-refractivity contribution is 9.10. The van der Waals surface area contributed by atoms with Crippen LogP contribution in [0, 0.1) is 0 Å². The van der Waals surface area contributed by atoms with Gasteiger partial charge in [0.2, 0.25) is 5.91 Å². The first kappa shape index (κ1) is 15.2. The minimum Gasteiger partial charge on any atom is -0.478 e. The minimum atomic E-state index is -1.00. The third-order valence-electron chi connectivity index (χ3n) is 2.48. The van der Waals surface area contributed by atoms with Crippen molar-refractivity contribution in [3.05, 3.63) is 34.3 Å². The molecule has 5 nitrogen and oxygen atoms in total.